The van der Waals surface area contributed by atoms with Gasteiger partial charge in [-0.2, -0.15) is 5.10 Å². The second-order valence-electron chi connectivity index (χ2n) is 6.08. The van der Waals surface area contributed by atoms with Gasteiger partial charge in [-0.1, -0.05) is 32.0 Å². The molecule has 0 radical (unpaired) electrons. The molecule has 0 aliphatic heterocycles. The highest BCUT2D eigenvalue weighted by atomic mass is 16.3. The van der Waals surface area contributed by atoms with Crippen molar-refractivity contribution in [2.75, 3.05) is 6.54 Å². The first-order chi connectivity index (χ1) is 11.6. The van der Waals surface area contributed by atoms with Gasteiger partial charge in [0.25, 0.3) is 5.91 Å². The number of hydrogen-bond donors (Lipinski definition) is 1. The topological polar surface area (TPSA) is 60.1 Å². The standard InChI is InChI=1S/C19H21N3O2/c1-14(2)10-11-20-19(23)17-13-16(18-9-6-12-24-18)21-22(17)15-7-4-3-5-8-15/h3-9,12-14H,10-11H2,1-2H3,(H,20,23). The number of benzene rings is 1. The summed E-state index contributed by atoms with van der Waals surface area (Å²) in [6.07, 6.45) is 2.54. The lowest BCUT2D eigenvalue weighted by Gasteiger charge is -2.09. The van der Waals surface area contributed by atoms with E-state index in [9.17, 15) is 4.79 Å². The third-order valence-corrected chi connectivity index (χ3v) is 3.72. The molecular weight excluding hydrogens is 302 g/mol. The van der Waals surface area contributed by atoms with Crippen molar-refractivity contribution >= 4 is 5.91 Å². The van der Waals surface area contributed by atoms with Crippen molar-refractivity contribution in [3.05, 3.63) is 60.5 Å². The summed E-state index contributed by atoms with van der Waals surface area (Å²) in [6, 6.07) is 15.0. The van der Waals surface area contributed by atoms with Crippen LogP contribution < -0.4 is 5.32 Å². The maximum Gasteiger partial charge on any atom is 0.270 e. The molecule has 5 nitrogen and oxygen atoms in total. The van der Waals surface area contributed by atoms with Crippen LogP contribution in [0.5, 0.6) is 0 Å². The summed E-state index contributed by atoms with van der Waals surface area (Å²) in [5, 5.41) is 7.52. The first-order valence-corrected chi connectivity index (χ1v) is 8.12. The van der Waals surface area contributed by atoms with Crippen molar-refractivity contribution in [2.24, 2.45) is 5.92 Å². The number of para-hydroxylation sites is 1. The zero-order valence-electron chi connectivity index (χ0n) is 13.9. The molecule has 0 aliphatic rings. The van der Waals surface area contributed by atoms with Gasteiger partial charge in [-0.15, -0.1) is 0 Å². The Morgan fingerprint density at radius 3 is 2.67 bits per heavy atom. The summed E-state index contributed by atoms with van der Waals surface area (Å²) in [6.45, 7) is 4.91. The smallest absolute Gasteiger partial charge is 0.270 e. The largest absolute Gasteiger partial charge is 0.463 e. The van der Waals surface area contributed by atoms with Gasteiger partial charge >= 0.3 is 0 Å². The number of rotatable bonds is 6. The molecule has 124 valence electrons. The highest BCUT2D eigenvalue weighted by molar-refractivity contribution is 5.94. The van der Waals surface area contributed by atoms with Crippen LogP contribution in [0.25, 0.3) is 17.1 Å². The van der Waals surface area contributed by atoms with E-state index >= 15 is 0 Å². The molecule has 24 heavy (non-hydrogen) atoms. The molecule has 1 aromatic carbocycles. The van der Waals surface area contributed by atoms with E-state index in [1.165, 1.54) is 0 Å². The quantitative estimate of drug-likeness (QED) is 0.748. The summed E-state index contributed by atoms with van der Waals surface area (Å²) in [5.74, 6) is 1.05. The minimum atomic E-state index is -0.134. The summed E-state index contributed by atoms with van der Waals surface area (Å²) in [4.78, 5) is 12.6. The van der Waals surface area contributed by atoms with Gasteiger partial charge in [-0.3, -0.25) is 4.79 Å². The summed E-state index contributed by atoms with van der Waals surface area (Å²) in [7, 11) is 0. The average molecular weight is 323 g/mol. The van der Waals surface area contributed by atoms with E-state index in [0.29, 0.717) is 29.6 Å². The Balaban J connectivity index is 1.92. The molecule has 0 saturated carbocycles. The Bertz CT molecular complexity index is 789. The molecule has 0 unspecified atom stereocenters. The van der Waals surface area contributed by atoms with Crippen molar-refractivity contribution in [1.82, 2.24) is 15.1 Å². The van der Waals surface area contributed by atoms with Crippen molar-refractivity contribution in [1.29, 1.82) is 0 Å². The molecule has 1 N–H and O–H groups in total. The van der Waals surface area contributed by atoms with Gasteiger partial charge in [0.1, 0.15) is 11.4 Å². The molecule has 0 bridgehead atoms. The Kier molecular flexibility index (Phi) is 4.79. The van der Waals surface area contributed by atoms with Gasteiger partial charge in [-0.25, -0.2) is 4.68 Å². The van der Waals surface area contributed by atoms with Crippen LogP contribution in [0.3, 0.4) is 0 Å². The van der Waals surface area contributed by atoms with Gasteiger partial charge < -0.3 is 9.73 Å². The van der Waals surface area contributed by atoms with Crippen molar-refractivity contribution in [2.45, 2.75) is 20.3 Å². The van der Waals surface area contributed by atoms with Crippen molar-refractivity contribution in [3.63, 3.8) is 0 Å². The van der Waals surface area contributed by atoms with E-state index in [2.05, 4.69) is 24.3 Å². The fourth-order valence-electron chi connectivity index (χ4n) is 2.42. The van der Waals surface area contributed by atoms with Crippen molar-refractivity contribution < 1.29 is 9.21 Å². The van der Waals surface area contributed by atoms with Crippen LogP contribution in [0, 0.1) is 5.92 Å². The molecule has 0 saturated heterocycles. The van der Waals surface area contributed by atoms with Crippen LogP contribution in [0.4, 0.5) is 0 Å². The van der Waals surface area contributed by atoms with Gasteiger partial charge in [0.2, 0.25) is 0 Å². The van der Waals surface area contributed by atoms with Gasteiger partial charge in [0.15, 0.2) is 5.76 Å². The molecule has 3 rings (SSSR count). The normalized spacial score (nSPS) is 11.0. The molecule has 0 spiro atoms. The SMILES string of the molecule is CC(C)CCNC(=O)c1cc(-c2ccco2)nn1-c1ccccc1. The monoisotopic (exact) mass is 323 g/mol. The lowest BCUT2D eigenvalue weighted by molar-refractivity contribution is 0.0944. The number of aromatic nitrogens is 2. The Hall–Kier alpha value is -2.82. The van der Waals surface area contributed by atoms with E-state index in [1.54, 1.807) is 23.1 Å². The summed E-state index contributed by atoms with van der Waals surface area (Å²) in [5.41, 5.74) is 1.97. The van der Waals surface area contributed by atoms with Crippen LogP contribution in [0.2, 0.25) is 0 Å². The number of hydrogen-bond acceptors (Lipinski definition) is 3. The number of amides is 1. The molecule has 0 atom stereocenters. The number of furan rings is 1. The van der Waals surface area contributed by atoms with Crippen LogP contribution in [0.1, 0.15) is 30.8 Å². The summed E-state index contributed by atoms with van der Waals surface area (Å²) < 4.78 is 7.06. The molecule has 1 amide bonds. The summed E-state index contributed by atoms with van der Waals surface area (Å²) >= 11 is 0. The Labute approximate surface area is 141 Å². The van der Waals surface area contributed by atoms with Crippen LogP contribution in [-0.4, -0.2) is 22.2 Å². The number of nitrogens with zero attached hydrogens (tertiary/aromatic N) is 2. The second kappa shape index (κ2) is 7.17. The minimum absolute atomic E-state index is 0.134. The Morgan fingerprint density at radius 1 is 1.21 bits per heavy atom. The van der Waals surface area contributed by atoms with E-state index in [4.69, 9.17) is 4.42 Å². The van der Waals surface area contributed by atoms with Gasteiger partial charge in [-0.05, 0) is 36.6 Å². The maximum absolute atomic E-state index is 12.6. The zero-order valence-corrected chi connectivity index (χ0v) is 13.9. The molecular formula is C19H21N3O2. The highest BCUT2D eigenvalue weighted by Gasteiger charge is 2.18. The molecule has 2 aromatic heterocycles. The predicted octanol–water partition coefficient (Wildman–Crippen LogP) is 3.91. The molecule has 0 fully saturated rings. The fraction of sp³-hybridized carbons (Fsp3) is 0.263. The third-order valence-electron chi connectivity index (χ3n) is 3.72. The predicted molar refractivity (Wildman–Crippen MR) is 93.1 cm³/mol. The van der Waals surface area contributed by atoms with Gasteiger partial charge in [0.05, 0.1) is 12.0 Å². The zero-order chi connectivity index (χ0) is 16.9. The van der Waals surface area contributed by atoms with E-state index in [-0.39, 0.29) is 5.91 Å². The van der Waals surface area contributed by atoms with E-state index < -0.39 is 0 Å². The lowest BCUT2D eigenvalue weighted by Crippen LogP contribution is -2.27. The van der Waals surface area contributed by atoms with E-state index in [1.807, 2.05) is 36.4 Å². The van der Waals surface area contributed by atoms with Crippen LogP contribution in [0.15, 0.2) is 59.2 Å². The number of carbonyl (C=O) groups is 1. The molecule has 0 aliphatic carbocycles. The highest BCUT2D eigenvalue weighted by Crippen LogP contribution is 2.22. The first kappa shape index (κ1) is 16.1. The molecule has 2 heterocycles. The Morgan fingerprint density at radius 2 is 2.00 bits per heavy atom. The molecule has 5 heteroatoms. The average Bonchev–Trinajstić information content (AvgIpc) is 3.24. The third kappa shape index (κ3) is 3.56. The number of nitrogens with one attached hydrogen (secondary N) is 1. The minimum Gasteiger partial charge on any atom is -0.463 e. The van der Waals surface area contributed by atoms with E-state index in [0.717, 1.165) is 12.1 Å². The fourth-order valence-corrected chi connectivity index (χ4v) is 2.42. The maximum atomic E-state index is 12.6. The molecule has 3 aromatic rings. The van der Waals surface area contributed by atoms with Crippen molar-refractivity contribution in [3.8, 4) is 17.1 Å². The van der Waals surface area contributed by atoms with Gasteiger partial charge in [0, 0.05) is 12.6 Å². The van der Waals surface area contributed by atoms with Crippen LogP contribution in [-0.2, 0) is 0 Å². The lowest BCUT2D eigenvalue weighted by atomic mass is 10.1. The number of carbonyl (C=O) groups excluding carboxylic acids is 1. The second-order valence-corrected chi connectivity index (χ2v) is 6.08. The first-order valence-electron chi connectivity index (χ1n) is 8.12. The van der Waals surface area contributed by atoms with Crippen LogP contribution >= 0.6 is 0 Å².